The molecule has 1 saturated heterocycles. The SMILES string of the molecule is CCCCOc1ccc(S(=O)(=O)N2CCN(C(=O)C(C)C)CC2)cc1. The highest BCUT2D eigenvalue weighted by molar-refractivity contribution is 7.89. The van der Waals surface area contributed by atoms with Gasteiger partial charge in [0.15, 0.2) is 0 Å². The zero-order chi connectivity index (χ0) is 18.4. The highest BCUT2D eigenvalue weighted by atomic mass is 32.2. The molecule has 1 amide bonds. The smallest absolute Gasteiger partial charge is 0.243 e. The van der Waals surface area contributed by atoms with Crippen molar-refractivity contribution in [3.8, 4) is 5.75 Å². The van der Waals surface area contributed by atoms with Gasteiger partial charge in [0.2, 0.25) is 15.9 Å². The Morgan fingerprint density at radius 3 is 2.24 bits per heavy atom. The Morgan fingerprint density at radius 2 is 1.72 bits per heavy atom. The Balaban J connectivity index is 1.98. The summed E-state index contributed by atoms with van der Waals surface area (Å²) in [4.78, 5) is 14.0. The molecule has 0 N–H and O–H groups in total. The summed E-state index contributed by atoms with van der Waals surface area (Å²) in [7, 11) is -3.53. The number of sulfonamides is 1. The maximum absolute atomic E-state index is 12.8. The van der Waals surface area contributed by atoms with Gasteiger partial charge in [0, 0.05) is 32.1 Å². The summed E-state index contributed by atoms with van der Waals surface area (Å²) in [5.41, 5.74) is 0. The van der Waals surface area contributed by atoms with E-state index in [2.05, 4.69) is 6.92 Å². The lowest BCUT2D eigenvalue weighted by molar-refractivity contribution is -0.135. The molecule has 1 fully saturated rings. The van der Waals surface area contributed by atoms with E-state index < -0.39 is 10.0 Å². The fourth-order valence-electron chi connectivity index (χ4n) is 2.71. The van der Waals surface area contributed by atoms with Gasteiger partial charge >= 0.3 is 0 Å². The van der Waals surface area contributed by atoms with Gasteiger partial charge in [-0.2, -0.15) is 4.31 Å². The monoisotopic (exact) mass is 368 g/mol. The molecule has 0 saturated carbocycles. The van der Waals surface area contributed by atoms with Gasteiger partial charge in [0.05, 0.1) is 11.5 Å². The quantitative estimate of drug-likeness (QED) is 0.693. The third kappa shape index (κ3) is 4.95. The molecule has 0 aliphatic carbocycles. The van der Waals surface area contributed by atoms with Crippen molar-refractivity contribution in [3.05, 3.63) is 24.3 Å². The summed E-state index contributed by atoms with van der Waals surface area (Å²) in [6.45, 7) is 7.97. The van der Waals surface area contributed by atoms with Gasteiger partial charge in [0.25, 0.3) is 0 Å². The fraction of sp³-hybridized carbons (Fsp3) is 0.611. The van der Waals surface area contributed by atoms with Crippen LogP contribution in [0.15, 0.2) is 29.2 Å². The van der Waals surface area contributed by atoms with Crippen LogP contribution in [0.2, 0.25) is 0 Å². The van der Waals surface area contributed by atoms with Crippen molar-refractivity contribution in [2.75, 3.05) is 32.8 Å². The van der Waals surface area contributed by atoms with E-state index in [1.54, 1.807) is 29.2 Å². The molecule has 25 heavy (non-hydrogen) atoms. The van der Waals surface area contributed by atoms with Gasteiger partial charge in [-0.05, 0) is 30.7 Å². The van der Waals surface area contributed by atoms with E-state index in [9.17, 15) is 13.2 Å². The number of piperazine rings is 1. The summed E-state index contributed by atoms with van der Waals surface area (Å²) in [6.07, 6.45) is 2.02. The summed E-state index contributed by atoms with van der Waals surface area (Å²) in [5.74, 6) is 0.689. The first-order valence-corrected chi connectivity index (χ1v) is 10.3. The lowest BCUT2D eigenvalue weighted by Crippen LogP contribution is -2.51. The number of unbranched alkanes of at least 4 members (excludes halogenated alkanes) is 1. The first-order valence-electron chi connectivity index (χ1n) is 8.88. The zero-order valence-corrected chi connectivity index (χ0v) is 16.1. The van der Waals surface area contributed by atoms with Gasteiger partial charge in [-0.15, -0.1) is 0 Å². The molecule has 0 unspecified atom stereocenters. The number of nitrogens with zero attached hydrogens (tertiary/aromatic N) is 2. The Labute approximate surface area is 150 Å². The van der Waals surface area contributed by atoms with E-state index >= 15 is 0 Å². The average Bonchev–Trinajstić information content (AvgIpc) is 2.62. The molecule has 0 bridgehead atoms. The standard InChI is InChI=1S/C18H28N2O4S/c1-4-5-14-24-16-6-8-17(9-7-16)25(22,23)20-12-10-19(11-13-20)18(21)15(2)3/h6-9,15H,4-5,10-14H2,1-3H3. The molecule has 0 atom stereocenters. The minimum Gasteiger partial charge on any atom is -0.494 e. The molecule has 1 aromatic rings. The largest absolute Gasteiger partial charge is 0.494 e. The van der Waals surface area contributed by atoms with E-state index in [0.717, 1.165) is 12.8 Å². The normalized spacial score (nSPS) is 16.2. The lowest BCUT2D eigenvalue weighted by Gasteiger charge is -2.34. The van der Waals surface area contributed by atoms with Crippen LogP contribution in [0.5, 0.6) is 5.75 Å². The number of rotatable bonds is 7. The van der Waals surface area contributed by atoms with Crippen LogP contribution in [-0.4, -0.2) is 56.3 Å². The number of amides is 1. The second-order valence-electron chi connectivity index (χ2n) is 6.56. The van der Waals surface area contributed by atoms with E-state index in [1.165, 1.54) is 4.31 Å². The third-order valence-corrected chi connectivity index (χ3v) is 6.19. The minimum absolute atomic E-state index is 0.0663. The molecular formula is C18H28N2O4S. The van der Waals surface area contributed by atoms with Gasteiger partial charge < -0.3 is 9.64 Å². The second kappa shape index (κ2) is 8.67. The van der Waals surface area contributed by atoms with Crippen LogP contribution in [0.1, 0.15) is 33.6 Å². The van der Waals surface area contributed by atoms with Crippen molar-refractivity contribution < 1.29 is 17.9 Å². The maximum atomic E-state index is 12.8. The molecule has 140 valence electrons. The van der Waals surface area contributed by atoms with Crippen LogP contribution in [0.3, 0.4) is 0 Å². The van der Waals surface area contributed by atoms with Crippen LogP contribution >= 0.6 is 0 Å². The fourth-order valence-corrected chi connectivity index (χ4v) is 4.13. The molecule has 7 heteroatoms. The average molecular weight is 368 g/mol. The predicted octanol–water partition coefficient (Wildman–Crippen LogP) is 2.35. The molecule has 6 nitrogen and oxygen atoms in total. The van der Waals surface area contributed by atoms with Crippen molar-refractivity contribution in [1.82, 2.24) is 9.21 Å². The topological polar surface area (TPSA) is 66.9 Å². The Morgan fingerprint density at radius 1 is 1.12 bits per heavy atom. The number of ether oxygens (including phenoxy) is 1. The maximum Gasteiger partial charge on any atom is 0.243 e. The molecular weight excluding hydrogens is 340 g/mol. The van der Waals surface area contributed by atoms with E-state index in [-0.39, 0.29) is 16.7 Å². The highest BCUT2D eigenvalue weighted by Crippen LogP contribution is 2.21. The molecule has 1 heterocycles. The summed E-state index contributed by atoms with van der Waals surface area (Å²) < 4.78 is 32.5. The number of hydrogen-bond acceptors (Lipinski definition) is 4. The molecule has 1 aliphatic rings. The number of carbonyl (C=O) groups excluding carboxylic acids is 1. The van der Waals surface area contributed by atoms with E-state index in [1.807, 2.05) is 13.8 Å². The van der Waals surface area contributed by atoms with E-state index in [4.69, 9.17) is 4.74 Å². The molecule has 0 aromatic heterocycles. The van der Waals surface area contributed by atoms with Gasteiger partial charge in [-0.25, -0.2) is 8.42 Å². The van der Waals surface area contributed by atoms with Crippen molar-refractivity contribution in [2.24, 2.45) is 5.92 Å². The van der Waals surface area contributed by atoms with Crippen LogP contribution < -0.4 is 4.74 Å². The van der Waals surface area contributed by atoms with Crippen LogP contribution in [0.25, 0.3) is 0 Å². The van der Waals surface area contributed by atoms with Crippen molar-refractivity contribution in [2.45, 2.75) is 38.5 Å². The Bertz CT molecular complexity index is 663. The van der Waals surface area contributed by atoms with Crippen LogP contribution in [0.4, 0.5) is 0 Å². The zero-order valence-electron chi connectivity index (χ0n) is 15.3. The third-order valence-electron chi connectivity index (χ3n) is 4.27. The predicted molar refractivity (Wildman–Crippen MR) is 97.0 cm³/mol. The van der Waals surface area contributed by atoms with Crippen LogP contribution in [0, 0.1) is 5.92 Å². The summed E-state index contributed by atoms with van der Waals surface area (Å²) in [6, 6.07) is 6.56. The molecule has 2 rings (SSSR count). The molecule has 0 radical (unpaired) electrons. The number of hydrogen-bond donors (Lipinski definition) is 0. The second-order valence-corrected chi connectivity index (χ2v) is 8.50. The Kier molecular flexibility index (Phi) is 6.84. The van der Waals surface area contributed by atoms with Gasteiger partial charge in [-0.3, -0.25) is 4.79 Å². The van der Waals surface area contributed by atoms with Crippen molar-refractivity contribution >= 4 is 15.9 Å². The first kappa shape index (κ1) is 19.7. The summed E-state index contributed by atoms with van der Waals surface area (Å²) >= 11 is 0. The lowest BCUT2D eigenvalue weighted by atomic mass is 10.2. The van der Waals surface area contributed by atoms with E-state index in [0.29, 0.717) is 38.5 Å². The van der Waals surface area contributed by atoms with Gasteiger partial charge in [-0.1, -0.05) is 27.2 Å². The summed E-state index contributed by atoms with van der Waals surface area (Å²) in [5, 5.41) is 0. The van der Waals surface area contributed by atoms with Crippen molar-refractivity contribution in [1.29, 1.82) is 0 Å². The van der Waals surface area contributed by atoms with Crippen LogP contribution in [-0.2, 0) is 14.8 Å². The molecule has 0 spiro atoms. The number of benzene rings is 1. The minimum atomic E-state index is -3.53. The first-order chi connectivity index (χ1) is 11.9. The van der Waals surface area contributed by atoms with Crippen molar-refractivity contribution in [3.63, 3.8) is 0 Å². The molecule has 1 aromatic carbocycles. The Hall–Kier alpha value is -1.60. The van der Waals surface area contributed by atoms with Gasteiger partial charge in [0.1, 0.15) is 5.75 Å². The highest BCUT2D eigenvalue weighted by Gasteiger charge is 2.30. The number of carbonyl (C=O) groups is 1. The molecule has 1 aliphatic heterocycles.